The number of aromatic nitrogens is 8. The summed E-state index contributed by atoms with van der Waals surface area (Å²) in [5, 5.41) is 77.5. The van der Waals surface area contributed by atoms with Gasteiger partial charge in [0.2, 0.25) is 11.9 Å². The Morgan fingerprint density at radius 2 is 0.512 bits per heavy atom. The van der Waals surface area contributed by atoms with Gasteiger partial charge in [0.15, 0.2) is 0 Å². The van der Waals surface area contributed by atoms with E-state index >= 15 is 0 Å². The van der Waals surface area contributed by atoms with E-state index in [2.05, 4.69) is 245 Å². The maximum Gasteiger partial charge on any atom is 0.421 e. The van der Waals surface area contributed by atoms with Crippen molar-refractivity contribution in [3.05, 3.63) is 268 Å². The Labute approximate surface area is 738 Å². The molecule has 4 heterocycles. The number of nitrogens with one attached hydrogen (secondary N) is 2. The van der Waals surface area contributed by atoms with Gasteiger partial charge in [0.05, 0.1) is 111 Å². The van der Waals surface area contributed by atoms with E-state index in [1.54, 1.807) is 24.8 Å². The number of aryl methyl sites for hydroxylation is 4. The molecular weight excluding hydrogens is 1660 g/mol. The van der Waals surface area contributed by atoms with Crippen molar-refractivity contribution in [1.29, 1.82) is 0 Å². The average Bonchev–Trinajstić information content (AvgIpc) is 1.85. The second-order valence-corrected chi connectivity index (χ2v) is 31.9. The van der Waals surface area contributed by atoms with Crippen LogP contribution in [-0.4, -0.2) is 140 Å². The molecule has 0 fully saturated rings. The Kier molecular flexibility index (Phi) is 36.9. The molecule has 127 heavy (non-hydrogen) atoms. The number of anilines is 8. The van der Waals surface area contributed by atoms with Crippen molar-refractivity contribution >= 4 is 146 Å². The first-order valence-corrected chi connectivity index (χ1v) is 43.3. The molecule has 0 saturated carbocycles. The largest absolute Gasteiger partial charge is 0.707 e. The maximum absolute atomic E-state index is 9.47. The third-order valence-electron chi connectivity index (χ3n) is 18.7. The normalized spacial score (nSPS) is 11.5. The number of nitrogens with zero attached hydrogens (tertiary/aromatic N) is 26. The Hall–Kier alpha value is -14.8. The van der Waals surface area contributed by atoms with Crippen LogP contribution in [0.4, 0.5) is 126 Å². The molecule has 0 radical (unpaired) electrons. The predicted molar refractivity (Wildman–Crippen MR) is 492 cm³/mol. The van der Waals surface area contributed by atoms with Crippen molar-refractivity contribution in [2.24, 2.45) is 99.8 Å². The smallest absolute Gasteiger partial charge is 0.421 e. The minimum Gasteiger partial charge on any atom is -0.707 e. The third kappa shape index (κ3) is 33.7. The zero-order chi connectivity index (χ0) is 91.1. The van der Waals surface area contributed by atoms with E-state index in [-0.39, 0.29) is 0 Å². The molecule has 38 nitrogen and oxygen atoms in total. The average molecular weight is 1760 g/mol. The molecule has 40 heteroatoms. The lowest BCUT2D eigenvalue weighted by Crippen LogP contribution is -2.25. The molecule has 0 spiro atoms. The molecule has 0 amide bonds. The van der Waals surface area contributed by atoms with Gasteiger partial charge in [0.25, 0.3) is 20.2 Å². The number of nitrogens with two attached hydrogens (primary N) is 2. The molecule has 13 rings (SSSR count). The van der Waals surface area contributed by atoms with Gasteiger partial charge in [-0.05, 0) is 238 Å². The summed E-state index contributed by atoms with van der Waals surface area (Å²) < 4.78 is 50.9. The number of H-pyrrole nitrogens is 2. The fraction of sp³-hybridized carbons (Fsp3) is 0.241. The second kappa shape index (κ2) is 48.9. The van der Waals surface area contributed by atoms with Gasteiger partial charge in [-0.3, -0.25) is 0 Å². The highest BCUT2D eigenvalue weighted by molar-refractivity contribution is 7.86. The molecule has 0 aliphatic heterocycles. The minimum absolute atomic E-state index is 0.462. The van der Waals surface area contributed by atoms with Gasteiger partial charge in [-0.2, -0.15) is 30.7 Å². The third-order valence-corrected chi connectivity index (χ3v) is 19.2. The van der Waals surface area contributed by atoms with E-state index in [0.29, 0.717) is 30.1 Å². The van der Waals surface area contributed by atoms with Crippen molar-refractivity contribution in [3.63, 3.8) is 0 Å². The number of imidazole rings is 4. The number of hydrogen-bond donors (Lipinski definition) is 4. The van der Waals surface area contributed by atoms with Crippen LogP contribution in [0.15, 0.2) is 340 Å². The Morgan fingerprint density at radius 1 is 0.331 bits per heavy atom. The Morgan fingerprint density at radius 3 is 0.701 bits per heavy atom. The molecule has 6 N–H and O–H groups in total. The number of nitrogen functional groups attached to an aromatic ring is 2. The summed E-state index contributed by atoms with van der Waals surface area (Å²) in [5.74, 6) is 2.50. The highest BCUT2D eigenvalue weighted by atomic mass is 32.2. The molecule has 0 aliphatic rings. The fourth-order valence-electron chi connectivity index (χ4n) is 11.6. The van der Waals surface area contributed by atoms with E-state index in [1.807, 2.05) is 217 Å². The lowest BCUT2D eigenvalue weighted by atomic mass is 10.2. The van der Waals surface area contributed by atoms with E-state index in [1.165, 1.54) is 5.69 Å². The van der Waals surface area contributed by atoms with Crippen LogP contribution in [0.5, 0.6) is 0 Å². The standard InChI is InChI=1S/C33H40N12.C29H30N12.C23H28N6.2CH4O4S/c1-40(20-7-21-41(2)31-18-14-29(15-19-31)37-39-33-44(5)24-25-45(33)6)30-16-12-28(13-17-30)35-34-26-8-10-27(11-9-26)36-38-32-42(3)22-23-43(32)4;1-40(20-3-21-41(2)27-14-10-25(11-15-27)37-39-29-32-18-19-33-29)26-12-8-24(9-13-26)35-34-22-4-6-23(7-5-22)36-38-28-30-16-17-31-28;1-28(22-12-6-19(25)7-13-22)16-3-17-29(2)23-14-10-21(11-15-23)27-26-20-8-4-18(24)5-9-20;2*1-6(3,4)5-2/h8-19,22-25H,7,20-21H2,1-6H3;4-19H,3,20-21H2,1-2H3,(H,30,31)(H,32,33);4-15H,3,16-17,24-25H2,1-2H3;2*2H,1H3/q+2;;;;/p-2. The first-order chi connectivity index (χ1) is 61.0. The van der Waals surface area contributed by atoms with Gasteiger partial charge in [-0.25, -0.2) is 45.1 Å². The summed E-state index contributed by atoms with van der Waals surface area (Å²) in [6, 6.07) is 70.7. The quantitative estimate of drug-likeness (QED) is 0.00956. The molecule has 0 atom stereocenters. The van der Waals surface area contributed by atoms with Crippen LogP contribution in [0.3, 0.4) is 0 Å². The molecule has 13 aromatic rings. The molecule has 0 aliphatic carbocycles. The SMILES string of the molecule is CN(CCCN(C)c1ccc(N=Nc2ccc(N)cc2)cc1)c1ccc(N)cc1.CN(CCCN(C)c1ccc(N=Nc2n(C)cc[n+]2C)cc1)c1ccc(N=Nc2ccc(N=Nc3n(C)cc[n+]3C)cc2)cc1.CN(CCCN(C)c1ccc(N=Nc2ncc[nH]2)cc1)c1ccc(N=Nc2ccc(N=Nc3ncc[nH]3)cc2)cc1.CS(=O)(=O)O[O-].CS(=O)(=O)O[O-]. The summed E-state index contributed by atoms with van der Waals surface area (Å²) in [6.45, 7) is 5.64. The van der Waals surface area contributed by atoms with Gasteiger partial charge in [-0.15, -0.1) is 20.5 Å². The lowest BCUT2D eigenvalue weighted by molar-refractivity contribution is -0.657. The van der Waals surface area contributed by atoms with Crippen LogP contribution < -0.4 is 60.5 Å². The lowest BCUT2D eigenvalue weighted by Gasteiger charge is -2.23. The zero-order valence-corrected chi connectivity index (χ0v) is 74.3. The minimum atomic E-state index is -3.72. The predicted octanol–water partition coefficient (Wildman–Crippen LogP) is 17.3. The van der Waals surface area contributed by atoms with E-state index in [4.69, 9.17) is 22.0 Å². The first kappa shape index (κ1) is 96.0. The highest BCUT2D eigenvalue weighted by Gasteiger charge is 2.14. The number of azo groups is 7. The molecule has 0 saturated heterocycles. The van der Waals surface area contributed by atoms with E-state index in [0.717, 1.165) is 161 Å². The van der Waals surface area contributed by atoms with Gasteiger partial charge >= 0.3 is 11.9 Å². The summed E-state index contributed by atoms with van der Waals surface area (Å²) in [5.41, 5.74) is 27.6. The van der Waals surface area contributed by atoms with Crippen LogP contribution in [-0.2, 0) is 57.1 Å². The fourth-order valence-corrected chi connectivity index (χ4v) is 11.6. The van der Waals surface area contributed by atoms with Crippen molar-refractivity contribution < 1.29 is 45.2 Å². The molecule has 0 unspecified atom stereocenters. The zero-order valence-electron chi connectivity index (χ0n) is 72.6. The van der Waals surface area contributed by atoms with Crippen molar-refractivity contribution in [2.75, 3.05) is 135 Å². The summed E-state index contributed by atoms with van der Waals surface area (Å²) in [7, 11) is 13.0. The van der Waals surface area contributed by atoms with E-state index < -0.39 is 20.2 Å². The van der Waals surface area contributed by atoms with Crippen LogP contribution in [0.25, 0.3) is 0 Å². The van der Waals surface area contributed by atoms with Gasteiger partial charge < -0.3 is 70.0 Å². The Balaban J connectivity index is 0.000000205. The summed E-state index contributed by atoms with van der Waals surface area (Å²) >= 11 is 0. The van der Waals surface area contributed by atoms with Gasteiger partial charge in [0.1, 0.15) is 11.4 Å². The molecule has 9 aromatic carbocycles. The summed E-state index contributed by atoms with van der Waals surface area (Å²) in [6.07, 6.45) is 18.9. The number of aromatic amines is 2. The number of hydrogen-bond acceptors (Lipinski definition) is 32. The van der Waals surface area contributed by atoms with Crippen LogP contribution in [0, 0.1) is 0 Å². The second-order valence-electron chi connectivity index (χ2n) is 28.8. The topological polar surface area (TPSA) is 452 Å². The van der Waals surface area contributed by atoms with Crippen LogP contribution in [0.1, 0.15) is 19.3 Å². The Bertz CT molecular complexity index is 5860. The first-order valence-electron chi connectivity index (χ1n) is 39.7. The monoisotopic (exact) mass is 1760 g/mol. The highest BCUT2D eigenvalue weighted by Crippen LogP contribution is 2.30. The number of rotatable bonds is 34. The van der Waals surface area contributed by atoms with Gasteiger partial charge in [-0.1, -0.05) is 10.2 Å². The van der Waals surface area contributed by atoms with Crippen molar-refractivity contribution in [2.45, 2.75) is 19.3 Å². The van der Waals surface area contributed by atoms with Crippen LogP contribution in [0.2, 0.25) is 0 Å². The molecule has 662 valence electrons. The van der Waals surface area contributed by atoms with Crippen LogP contribution >= 0.6 is 0 Å². The summed E-state index contributed by atoms with van der Waals surface area (Å²) in [4.78, 5) is 27.3. The number of benzene rings is 9. The molecular formula is C87H104N30O8S2. The van der Waals surface area contributed by atoms with E-state index in [9.17, 15) is 16.8 Å². The van der Waals surface area contributed by atoms with Crippen molar-refractivity contribution in [1.82, 2.24) is 29.1 Å². The molecule has 4 aromatic heterocycles. The molecule has 0 bridgehead atoms. The van der Waals surface area contributed by atoms with Gasteiger partial charge in [0, 0.05) is 162 Å². The maximum atomic E-state index is 9.47. The van der Waals surface area contributed by atoms with Crippen molar-refractivity contribution in [3.8, 4) is 0 Å².